The van der Waals surface area contributed by atoms with E-state index in [1.165, 1.54) is 6.07 Å². The van der Waals surface area contributed by atoms with Crippen LogP contribution < -0.4 is 10.1 Å². The lowest BCUT2D eigenvalue weighted by atomic mass is 10.1. The van der Waals surface area contributed by atoms with Gasteiger partial charge in [-0.2, -0.15) is 13.2 Å². The molecule has 1 atom stereocenters. The highest BCUT2D eigenvalue weighted by molar-refractivity contribution is 5.98. The van der Waals surface area contributed by atoms with Crippen LogP contribution in [0.25, 0.3) is 0 Å². The molecule has 0 aromatic heterocycles. The van der Waals surface area contributed by atoms with Crippen LogP contribution >= 0.6 is 0 Å². The number of ether oxygens (including phenoxy) is 1. The lowest BCUT2D eigenvalue weighted by molar-refractivity contribution is -0.123. The van der Waals surface area contributed by atoms with Crippen LogP contribution in [0.1, 0.15) is 35.7 Å². The van der Waals surface area contributed by atoms with Crippen LogP contribution in [-0.2, 0) is 0 Å². The zero-order valence-electron chi connectivity index (χ0n) is 11.8. The molecule has 1 rings (SSSR count). The summed E-state index contributed by atoms with van der Waals surface area (Å²) >= 11 is 0. The molecule has 118 valence electrons. The van der Waals surface area contributed by atoms with Crippen molar-refractivity contribution >= 4 is 5.91 Å². The molecule has 1 unspecified atom stereocenters. The lowest BCUT2D eigenvalue weighted by Crippen LogP contribution is -2.34. The second-order valence-electron chi connectivity index (χ2n) is 4.56. The Hall–Kier alpha value is -1.79. The highest BCUT2D eigenvalue weighted by atomic mass is 19.4. The minimum Gasteiger partial charge on any atom is -0.460 e. The molecule has 0 saturated heterocycles. The standard InChI is InChI=1S/C14H17F4NO2/c1-3-5-11(15)21-10-7-4-6-9(2)12(10)13(20)19-8-14(16,17)18/h4,6-7,11H,3,5,8H2,1-2H3,(H,19,20). The summed E-state index contributed by atoms with van der Waals surface area (Å²) in [6.45, 7) is 1.86. The van der Waals surface area contributed by atoms with Gasteiger partial charge in [0.25, 0.3) is 5.91 Å². The largest absolute Gasteiger partial charge is 0.460 e. The molecule has 21 heavy (non-hydrogen) atoms. The number of hydrogen-bond acceptors (Lipinski definition) is 2. The molecule has 0 radical (unpaired) electrons. The van der Waals surface area contributed by atoms with Crippen LogP contribution in [0.5, 0.6) is 5.75 Å². The summed E-state index contributed by atoms with van der Waals surface area (Å²) in [7, 11) is 0. The molecule has 0 saturated carbocycles. The van der Waals surface area contributed by atoms with Gasteiger partial charge in [0.2, 0.25) is 6.36 Å². The molecule has 1 N–H and O–H groups in total. The van der Waals surface area contributed by atoms with Gasteiger partial charge in [-0.25, -0.2) is 4.39 Å². The maximum Gasteiger partial charge on any atom is 0.405 e. The molecule has 1 aromatic rings. The van der Waals surface area contributed by atoms with Gasteiger partial charge in [0.1, 0.15) is 12.3 Å². The first-order chi connectivity index (χ1) is 9.74. The Balaban J connectivity index is 2.91. The van der Waals surface area contributed by atoms with Gasteiger partial charge in [0.15, 0.2) is 0 Å². The maximum atomic E-state index is 13.5. The summed E-state index contributed by atoms with van der Waals surface area (Å²) in [5, 5.41) is 1.76. The highest BCUT2D eigenvalue weighted by Gasteiger charge is 2.29. The summed E-state index contributed by atoms with van der Waals surface area (Å²) < 4.78 is 54.9. The summed E-state index contributed by atoms with van der Waals surface area (Å²) in [6.07, 6.45) is -5.43. The SMILES string of the molecule is CCCC(F)Oc1cccc(C)c1C(=O)NCC(F)(F)F. The van der Waals surface area contributed by atoms with Gasteiger partial charge in [-0.1, -0.05) is 19.1 Å². The van der Waals surface area contributed by atoms with E-state index in [1.807, 2.05) is 0 Å². The van der Waals surface area contributed by atoms with Crippen LogP contribution in [0.4, 0.5) is 17.6 Å². The van der Waals surface area contributed by atoms with E-state index in [2.05, 4.69) is 0 Å². The molecule has 0 aliphatic carbocycles. The van der Waals surface area contributed by atoms with Crippen LogP contribution in [0, 0.1) is 6.92 Å². The van der Waals surface area contributed by atoms with E-state index >= 15 is 0 Å². The molecule has 0 heterocycles. The number of carbonyl (C=O) groups is 1. The number of alkyl halides is 4. The smallest absolute Gasteiger partial charge is 0.405 e. The van der Waals surface area contributed by atoms with Crippen molar-refractivity contribution in [1.82, 2.24) is 5.32 Å². The number of halogens is 4. The normalized spacial score (nSPS) is 12.9. The number of nitrogens with one attached hydrogen (secondary N) is 1. The van der Waals surface area contributed by atoms with Gasteiger partial charge < -0.3 is 10.1 Å². The summed E-state index contributed by atoms with van der Waals surface area (Å²) in [5.41, 5.74) is 0.330. The summed E-state index contributed by atoms with van der Waals surface area (Å²) in [6, 6.07) is 4.45. The fraction of sp³-hybridized carbons (Fsp3) is 0.500. The zero-order chi connectivity index (χ0) is 16.0. The molecule has 0 aliphatic heterocycles. The number of aryl methyl sites for hydroxylation is 1. The third-order valence-corrected chi connectivity index (χ3v) is 2.68. The van der Waals surface area contributed by atoms with E-state index in [4.69, 9.17) is 4.74 Å². The Morgan fingerprint density at radius 3 is 2.62 bits per heavy atom. The van der Waals surface area contributed by atoms with Gasteiger partial charge in [-0.05, 0) is 25.0 Å². The second kappa shape index (κ2) is 7.28. The Bertz CT molecular complexity index is 488. The Kier molecular flexibility index (Phi) is 5.99. The van der Waals surface area contributed by atoms with E-state index in [0.29, 0.717) is 12.0 Å². The highest BCUT2D eigenvalue weighted by Crippen LogP contribution is 2.25. The minimum absolute atomic E-state index is 0.0596. The van der Waals surface area contributed by atoms with Gasteiger partial charge in [-0.15, -0.1) is 0 Å². The van der Waals surface area contributed by atoms with Crippen molar-refractivity contribution in [3.8, 4) is 5.75 Å². The number of rotatable bonds is 6. The molecule has 1 aromatic carbocycles. The number of benzene rings is 1. The van der Waals surface area contributed by atoms with E-state index in [-0.39, 0.29) is 17.7 Å². The minimum atomic E-state index is -4.51. The maximum absolute atomic E-state index is 13.5. The van der Waals surface area contributed by atoms with Gasteiger partial charge in [0, 0.05) is 6.42 Å². The van der Waals surface area contributed by atoms with Crippen LogP contribution in [0.2, 0.25) is 0 Å². The van der Waals surface area contributed by atoms with Crippen LogP contribution in [0.15, 0.2) is 18.2 Å². The average Bonchev–Trinajstić information content (AvgIpc) is 2.35. The fourth-order valence-corrected chi connectivity index (χ4v) is 1.72. The molecule has 1 amide bonds. The van der Waals surface area contributed by atoms with E-state index in [9.17, 15) is 22.4 Å². The topological polar surface area (TPSA) is 38.3 Å². The molecule has 7 heteroatoms. The van der Waals surface area contributed by atoms with Crippen molar-refractivity contribution in [2.75, 3.05) is 6.54 Å². The average molecular weight is 307 g/mol. The third kappa shape index (κ3) is 5.61. The predicted octanol–water partition coefficient (Wildman–Crippen LogP) is 3.76. The molecule has 0 spiro atoms. The molecule has 0 bridgehead atoms. The summed E-state index contributed by atoms with van der Waals surface area (Å²) in [5.74, 6) is -1.00. The van der Waals surface area contributed by atoms with Crippen LogP contribution in [-0.4, -0.2) is 25.0 Å². The third-order valence-electron chi connectivity index (χ3n) is 2.68. The van der Waals surface area contributed by atoms with Crippen LogP contribution in [0.3, 0.4) is 0 Å². The fourth-order valence-electron chi connectivity index (χ4n) is 1.72. The molecular weight excluding hydrogens is 290 g/mol. The Labute approximate surface area is 120 Å². The first kappa shape index (κ1) is 17.3. The van der Waals surface area contributed by atoms with Gasteiger partial charge in [0.05, 0.1) is 5.56 Å². The second-order valence-corrected chi connectivity index (χ2v) is 4.56. The Morgan fingerprint density at radius 2 is 2.05 bits per heavy atom. The first-order valence-corrected chi connectivity index (χ1v) is 6.50. The molecular formula is C14H17F4NO2. The summed E-state index contributed by atoms with van der Waals surface area (Å²) in [4.78, 5) is 11.9. The van der Waals surface area contributed by atoms with Crippen molar-refractivity contribution in [3.63, 3.8) is 0 Å². The lowest BCUT2D eigenvalue weighted by Gasteiger charge is -2.16. The van der Waals surface area contributed by atoms with Crippen molar-refractivity contribution in [1.29, 1.82) is 0 Å². The van der Waals surface area contributed by atoms with Crippen molar-refractivity contribution in [3.05, 3.63) is 29.3 Å². The first-order valence-electron chi connectivity index (χ1n) is 6.50. The molecule has 0 fully saturated rings. The quantitative estimate of drug-likeness (QED) is 0.813. The number of carbonyl (C=O) groups excluding carboxylic acids is 1. The van der Waals surface area contributed by atoms with E-state index in [0.717, 1.165) is 0 Å². The monoisotopic (exact) mass is 307 g/mol. The predicted molar refractivity (Wildman–Crippen MR) is 70.0 cm³/mol. The zero-order valence-corrected chi connectivity index (χ0v) is 11.8. The van der Waals surface area contributed by atoms with Crippen molar-refractivity contribution < 1.29 is 27.1 Å². The molecule has 3 nitrogen and oxygen atoms in total. The van der Waals surface area contributed by atoms with Crippen molar-refractivity contribution in [2.45, 2.75) is 39.2 Å². The molecule has 0 aliphatic rings. The van der Waals surface area contributed by atoms with Gasteiger partial charge >= 0.3 is 6.18 Å². The van der Waals surface area contributed by atoms with Crippen molar-refractivity contribution in [2.24, 2.45) is 0 Å². The van der Waals surface area contributed by atoms with Gasteiger partial charge in [-0.3, -0.25) is 4.79 Å². The number of amides is 1. The van der Waals surface area contributed by atoms with E-state index < -0.39 is 25.0 Å². The Morgan fingerprint density at radius 1 is 1.38 bits per heavy atom. The van der Waals surface area contributed by atoms with E-state index in [1.54, 1.807) is 31.3 Å². The number of hydrogen-bond donors (Lipinski definition) is 1.